The van der Waals surface area contributed by atoms with Gasteiger partial charge in [0, 0.05) is 23.8 Å². The molecule has 2 aromatic rings. The number of fused-ring (bicyclic) bond motifs is 1. The highest BCUT2D eigenvalue weighted by Crippen LogP contribution is 2.36. The van der Waals surface area contributed by atoms with Gasteiger partial charge in [-0.05, 0) is 31.0 Å². The van der Waals surface area contributed by atoms with Gasteiger partial charge in [-0.1, -0.05) is 24.3 Å². The average Bonchev–Trinajstić information content (AvgIpc) is 3.12. The van der Waals surface area contributed by atoms with E-state index in [1.807, 2.05) is 0 Å². The van der Waals surface area contributed by atoms with Gasteiger partial charge in [0.15, 0.2) is 5.78 Å². The zero-order chi connectivity index (χ0) is 25.3. The number of carbonyl (C=O) groups is 4. The van der Waals surface area contributed by atoms with E-state index in [0.29, 0.717) is 10.0 Å². The molecule has 178 valence electrons. The summed E-state index contributed by atoms with van der Waals surface area (Å²) in [7, 11) is 0. The number of carbonyl (C=O) groups excluding carboxylic acids is 4. The summed E-state index contributed by atoms with van der Waals surface area (Å²) in [5.74, 6) is -4.55. The van der Waals surface area contributed by atoms with Crippen molar-refractivity contribution in [3.05, 3.63) is 92.0 Å². The normalized spacial score (nSPS) is 18.8. The number of hydrazine groups is 1. The van der Waals surface area contributed by atoms with E-state index in [4.69, 9.17) is 0 Å². The molecule has 35 heavy (non-hydrogen) atoms. The lowest BCUT2D eigenvalue weighted by atomic mass is 9.85. The number of non-ortho nitro benzene ring substituents is 1. The molecule has 0 spiro atoms. The number of nitro benzene ring substituents is 2. The highest BCUT2D eigenvalue weighted by Gasteiger charge is 2.51. The van der Waals surface area contributed by atoms with Crippen molar-refractivity contribution >= 4 is 34.9 Å². The van der Waals surface area contributed by atoms with E-state index in [9.17, 15) is 39.4 Å². The third-order valence-electron chi connectivity index (χ3n) is 5.98. The third-order valence-corrected chi connectivity index (χ3v) is 5.98. The van der Waals surface area contributed by atoms with Crippen molar-refractivity contribution in [1.82, 2.24) is 10.0 Å². The number of Topliss-reactive ketones (excluding diaryl/α,β-unsaturated/α-hetero) is 1. The Morgan fingerprint density at radius 1 is 0.886 bits per heavy atom. The second kappa shape index (κ2) is 9.25. The van der Waals surface area contributed by atoms with Crippen LogP contribution in [0.25, 0.3) is 0 Å². The number of rotatable bonds is 7. The van der Waals surface area contributed by atoms with E-state index >= 15 is 0 Å². The van der Waals surface area contributed by atoms with Gasteiger partial charge in [0.25, 0.3) is 29.1 Å². The molecule has 0 saturated carbocycles. The summed E-state index contributed by atoms with van der Waals surface area (Å²) >= 11 is 0. The van der Waals surface area contributed by atoms with Crippen molar-refractivity contribution < 1.29 is 29.0 Å². The van der Waals surface area contributed by atoms with E-state index in [-0.39, 0.29) is 24.1 Å². The highest BCUT2D eigenvalue weighted by atomic mass is 16.6. The molecular weight excluding hydrogens is 460 g/mol. The van der Waals surface area contributed by atoms with Gasteiger partial charge in [0.05, 0.1) is 21.7 Å². The average molecular weight is 478 g/mol. The van der Waals surface area contributed by atoms with Crippen molar-refractivity contribution in [2.75, 3.05) is 6.54 Å². The Kier molecular flexibility index (Phi) is 6.19. The summed E-state index contributed by atoms with van der Waals surface area (Å²) in [6, 6.07) is 9.59. The van der Waals surface area contributed by atoms with Crippen molar-refractivity contribution in [2.45, 2.75) is 12.8 Å². The smallest absolute Gasteiger partial charge is 0.282 e. The molecule has 0 unspecified atom stereocenters. The molecule has 0 radical (unpaired) electrons. The number of allylic oxidation sites excluding steroid dienone is 2. The second-order valence-electron chi connectivity index (χ2n) is 8.01. The molecule has 2 aliphatic rings. The molecule has 2 atom stereocenters. The lowest BCUT2D eigenvalue weighted by Crippen LogP contribution is -2.52. The predicted molar refractivity (Wildman–Crippen MR) is 119 cm³/mol. The number of hydrogen-bond acceptors (Lipinski definition) is 8. The van der Waals surface area contributed by atoms with Crippen molar-refractivity contribution in [1.29, 1.82) is 0 Å². The first-order valence-electron chi connectivity index (χ1n) is 10.6. The molecule has 1 saturated heterocycles. The van der Waals surface area contributed by atoms with Crippen molar-refractivity contribution in [2.24, 2.45) is 11.8 Å². The van der Waals surface area contributed by atoms with Crippen LogP contribution in [0.3, 0.4) is 0 Å². The van der Waals surface area contributed by atoms with Crippen LogP contribution in [0.1, 0.15) is 33.6 Å². The molecular formula is C23H18N4O8. The van der Waals surface area contributed by atoms with Crippen LogP contribution in [0.15, 0.2) is 60.7 Å². The summed E-state index contributed by atoms with van der Waals surface area (Å²) < 4.78 is 0. The van der Waals surface area contributed by atoms with Crippen LogP contribution in [0.4, 0.5) is 11.4 Å². The molecule has 1 aliphatic heterocycles. The Balaban J connectivity index is 1.72. The first-order chi connectivity index (χ1) is 16.7. The van der Waals surface area contributed by atoms with Crippen LogP contribution in [-0.2, 0) is 9.59 Å². The molecule has 1 aliphatic carbocycles. The van der Waals surface area contributed by atoms with Crippen LogP contribution >= 0.6 is 0 Å². The molecule has 4 rings (SSSR count). The number of nitro groups is 2. The van der Waals surface area contributed by atoms with Crippen molar-refractivity contribution in [3.63, 3.8) is 0 Å². The molecule has 12 nitrogen and oxygen atoms in total. The van der Waals surface area contributed by atoms with E-state index in [2.05, 4.69) is 0 Å². The molecule has 0 N–H and O–H groups in total. The maximum Gasteiger partial charge on any atom is 0.282 e. The summed E-state index contributed by atoms with van der Waals surface area (Å²) in [6.07, 6.45) is 4.09. The summed E-state index contributed by atoms with van der Waals surface area (Å²) in [6.45, 7) is -0.785. The fourth-order valence-electron chi connectivity index (χ4n) is 4.20. The summed E-state index contributed by atoms with van der Waals surface area (Å²) in [5, 5.41) is 23.6. The lowest BCUT2D eigenvalue weighted by Gasteiger charge is -2.30. The Morgan fingerprint density at radius 2 is 1.46 bits per heavy atom. The van der Waals surface area contributed by atoms with Gasteiger partial charge in [-0.15, -0.1) is 0 Å². The zero-order valence-corrected chi connectivity index (χ0v) is 18.1. The largest absolute Gasteiger partial charge is 0.292 e. The molecule has 0 aromatic heterocycles. The number of hydrogen-bond donors (Lipinski definition) is 0. The van der Waals surface area contributed by atoms with E-state index in [1.165, 1.54) is 30.3 Å². The first kappa shape index (κ1) is 23.4. The van der Waals surface area contributed by atoms with Crippen LogP contribution in [0, 0.1) is 32.1 Å². The fourth-order valence-corrected chi connectivity index (χ4v) is 4.20. The Morgan fingerprint density at radius 3 is 2.00 bits per heavy atom. The van der Waals surface area contributed by atoms with Gasteiger partial charge in [0.1, 0.15) is 12.1 Å². The molecule has 1 heterocycles. The Hall–Kier alpha value is -4.74. The highest BCUT2D eigenvalue weighted by molar-refractivity contribution is 6.10. The minimum absolute atomic E-state index is 0.00543. The minimum atomic E-state index is -1.07. The molecule has 1 fully saturated rings. The molecule has 2 aromatic carbocycles. The van der Waals surface area contributed by atoms with Crippen LogP contribution < -0.4 is 0 Å². The quantitative estimate of drug-likeness (QED) is 0.193. The van der Waals surface area contributed by atoms with Gasteiger partial charge in [0.2, 0.25) is 0 Å². The fraction of sp³-hybridized carbons (Fsp3) is 0.217. The van der Waals surface area contributed by atoms with Gasteiger partial charge in [-0.2, -0.15) is 5.01 Å². The van der Waals surface area contributed by atoms with Crippen molar-refractivity contribution in [3.8, 4) is 0 Å². The van der Waals surface area contributed by atoms with Gasteiger partial charge in [-0.25, -0.2) is 5.01 Å². The number of amides is 3. The first-order valence-corrected chi connectivity index (χ1v) is 10.6. The SMILES string of the molecule is O=C(CN(C(=O)c1ccccc1[N+](=O)[O-])N1C(=O)[C@@H]2CC=CC[C@H]2C1=O)c1ccc([N+](=O)[O-])cc1. The summed E-state index contributed by atoms with van der Waals surface area (Å²) in [5.41, 5.74) is -1.21. The minimum Gasteiger partial charge on any atom is -0.292 e. The molecule has 12 heteroatoms. The zero-order valence-electron chi connectivity index (χ0n) is 18.1. The summed E-state index contributed by atoms with van der Waals surface area (Å²) in [4.78, 5) is 73.7. The van der Waals surface area contributed by atoms with Gasteiger partial charge >= 0.3 is 0 Å². The number of ketones is 1. The van der Waals surface area contributed by atoms with E-state index in [0.717, 1.165) is 18.2 Å². The lowest BCUT2D eigenvalue weighted by molar-refractivity contribution is -0.385. The van der Waals surface area contributed by atoms with Gasteiger partial charge in [-0.3, -0.25) is 39.4 Å². The number of imide groups is 1. The van der Waals surface area contributed by atoms with Gasteiger partial charge < -0.3 is 0 Å². The maximum absolute atomic E-state index is 13.5. The number of para-hydroxylation sites is 1. The monoisotopic (exact) mass is 478 g/mol. The molecule has 3 amide bonds. The van der Waals surface area contributed by atoms with Crippen LogP contribution in [0.5, 0.6) is 0 Å². The Bertz CT molecular complexity index is 1260. The topological polar surface area (TPSA) is 161 Å². The number of benzene rings is 2. The van der Waals surface area contributed by atoms with Crippen LogP contribution in [0.2, 0.25) is 0 Å². The Labute approximate surface area is 197 Å². The predicted octanol–water partition coefficient (Wildman–Crippen LogP) is 2.69. The second-order valence-corrected chi connectivity index (χ2v) is 8.01. The maximum atomic E-state index is 13.5. The van der Waals surface area contributed by atoms with E-state index in [1.54, 1.807) is 12.2 Å². The van der Waals surface area contributed by atoms with E-state index < -0.39 is 63.0 Å². The van der Waals surface area contributed by atoms with Crippen LogP contribution in [-0.4, -0.2) is 49.9 Å². The third kappa shape index (κ3) is 4.28. The molecule has 0 bridgehead atoms. The number of nitrogens with zero attached hydrogens (tertiary/aromatic N) is 4. The standard InChI is InChI=1S/C23H18N4O8/c28-20(14-9-11-15(12-10-14)26(32)33)13-24(21(29)18-7-3-4-8-19(18)27(34)35)25-22(30)16-5-1-2-6-17(16)23(25)31/h1-4,7-12,16-17H,5-6,13H2/t16-,17-/m1/s1.